The number of rotatable bonds is 1. The molecule has 1 aromatic heterocycles. The van der Waals surface area contributed by atoms with E-state index in [0.29, 0.717) is 16.6 Å². The van der Waals surface area contributed by atoms with Gasteiger partial charge in [-0.2, -0.15) is 10.4 Å². The Kier molecular flexibility index (Phi) is 2.16. The third-order valence-electron chi connectivity index (χ3n) is 2.25. The van der Waals surface area contributed by atoms with E-state index in [4.69, 9.17) is 5.26 Å². The molecule has 0 saturated heterocycles. The third kappa shape index (κ3) is 1.46. The Labute approximate surface area is 86.7 Å². The normalized spacial score (nSPS) is 10.9. The first-order chi connectivity index (χ1) is 7.13. The summed E-state index contributed by atoms with van der Waals surface area (Å²) in [6.45, 7) is 3.87. The summed E-state index contributed by atoms with van der Waals surface area (Å²) >= 11 is 0. The first-order valence-electron chi connectivity index (χ1n) is 4.71. The fourth-order valence-corrected chi connectivity index (χ4v) is 1.56. The average molecular weight is 203 g/mol. The summed E-state index contributed by atoms with van der Waals surface area (Å²) in [6, 6.07) is 6.44. The molecular weight excluding hydrogens is 193 g/mol. The average Bonchev–Trinajstić information content (AvgIpc) is 2.55. The molecule has 4 heteroatoms. The monoisotopic (exact) mass is 203 g/mol. The van der Waals surface area contributed by atoms with Crippen LogP contribution in [0.2, 0.25) is 0 Å². The molecule has 0 atom stereocenters. The van der Waals surface area contributed by atoms with Crippen LogP contribution in [-0.2, 0) is 0 Å². The van der Waals surface area contributed by atoms with Gasteiger partial charge in [-0.05, 0) is 32.0 Å². The summed E-state index contributed by atoms with van der Waals surface area (Å²) in [5, 5.41) is 13.8. The van der Waals surface area contributed by atoms with Crippen molar-refractivity contribution in [2.45, 2.75) is 19.9 Å². The minimum Gasteiger partial charge on any atom is -0.251 e. The highest BCUT2D eigenvalue weighted by Gasteiger charge is 2.13. The second kappa shape index (κ2) is 3.35. The molecule has 1 aromatic carbocycles. The van der Waals surface area contributed by atoms with Crippen LogP contribution in [0.1, 0.15) is 25.6 Å². The molecule has 0 saturated carbocycles. The van der Waals surface area contributed by atoms with Gasteiger partial charge in [-0.15, -0.1) is 0 Å². The number of nitriles is 1. The number of hydrogen-bond donors (Lipinski definition) is 0. The van der Waals surface area contributed by atoms with Crippen molar-refractivity contribution in [3.05, 3.63) is 29.7 Å². The van der Waals surface area contributed by atoms with Crippen molar-refractivity contribution in [1.29, 1.82) is 5.26 Å². The fraction of sp³-hybridized carbons (Fsp3) is 0.273. The Morgan fingerprint density at radius 2 is 2.20 bits per heavy atom. The van der Waals surface area contributed by atoms with Crippen molar-refractivity contribution >= 4 is 10.9 Å². The van der Waals surface area contributed by atoms with Crippen molar-refractivity contribution in [2.75, 3.05) is 0 Å². The van der Waals surface area contributed by atoms with Crippen LogP contribution in [0, 0.1) is 17.1 Å². The van der Waals surface area contributed by atoms with E-state index < -0.39 is 0 Å². The van der Waals surface area contributed by atoms with E-state index in [-0.39, 0.29) is 11.9 Å². The summed E-state index contributed by atoms with van der Waals surface area (Å²) in [5.74, 6) is -0.345. The van der Waals surface area contributed by atoms with Crippen molar-refractivity contribution in [3.8, 4) is 6.07 Å². The number of benzene rings is 1. The molecule has 0 fully saturated rings. The zero-order valence-corrected chi connectivity index (χ0v) is 8.53. The number of hydrogen-bond acceptors (Lipinski definition) is 2. The molecule has 0 aliphatic rings. The first kappa shape index (κ1) is 9.66. The number of halogens is 1. The Morgan fingerprint density at radius 1 is 1.47 bits per heavy atom. The molecule has 0 bridgehead atoms. The number of fused-ring (bicyclic) bond motifs is 1. The minimum atomic E-state index is -0.345. The molecule has 3 nitrogen and oxygen atoms in total. The lowest BCUT2D eigenvalue weighted by Crippen LogP contribution is -2.04. The van der Waals surface area contributed by atoms with Gasteiger partial charge >= 0.3 is 0 Å². The second-order valence-electron chi connectivity index (χ2n) is 3.66. The quantitative estimate of drug-likeness (QED) is 0.714. The lowest BCUT2D eigenvalue weighted by Gasteiger charge is -2.05. The summed E-state index contributed by atoms with van der Waals surface area (Å²) in [6.07, 6.45) is 0. The van der Waals surface area contributed by atoms with Gasteiger partial charge in [-0.3, -0.25) is 4.68 Å². The largest absolute Gasteiger partial charge is 0.251 e. The van der Waals surface area contributed by atoms with Crippen LogP contribution in [0.4, 0.5) is 4.39 Å². The van der Waals surface area contributed by atoms with Gasteiger partial charge in [0.1, 0.15) is 17.6 Å². The summed E-state index contributed by atoms with van der Waals surface area (Å²) in [5.41, 5.74) is 1.07. The summed E-state index contributed by atoms with van der Waals surface area (Å²) < 4.78 is 14.6. The Hall–Kier alpha value is -1.89. The minimum absolute atomic E-state index is 0.0927. The first-order valence-corrected chi connectivity index (χ1v) is 4.71. The molecule has 2 aromatic rings. The van der Waals surface area contributed by atoms with Gasteiger partial charge in [-0.1, -0.05) is 0 Å². The molecule has 0 spiro atoms. The van der Waals surface area contributed by atoms with E-state index in [1.807, 2.05) is 13.8 Å². The van der Waals surface area contributed by atoms with Crippen molar-refractivity contribution in [2.24, 2.45) is 0 Å². The highest BCUT2D eigenvalue weighted by Crippen LogP contribution is 2.21. The summed E-state index contributed by atoms with van der Waals surface area (Å²) in [4.78, 5) is 0. The molecule has 0 N–H and O–H groups in total. The van der Waals surface area contributed by atoms with Gasteiger partial charge in [0.2, 0.25) is 0 Å². The smallest absolute Gasteiger partial charge is 0.146 e. The van der Waals surface area contributed by atoms with Gasteiger partial charge < -0.3 is 0 Å². The number of aromatic nitrogens is 2. The van der Waals surface area contributed by atoms with E-state index in [9.17, 15) is 4.39 Å². The van der Waals surface area contributed by atoms with Crippen LogP contribution in [0.25, 0.3) is 10.9 Å². The van der Waals surface area contributed by atoms with Gasteiger partial charge in [0.05, 0.1) is 5.52 Å². The Morgan fingerprint density at radius 3 is 2.80 bits per heavy atom. The molecule has 1 heterocycles. The van der Waals surface area contributed by atoms with Crippen molar-refractivity contribution in [3.63, 3.8) is 0 Å². The van der Waals surface area contributed by atoms with E-state index in [1.165, 1.54) is 12.1 Å². The van der Waals surface area contributed by atoms with Crippen LogP contribution in [0.3, 0.4) is 0 Å². The molecule has 0 aliphatic carbocycles. The van der Waals surface area contributed by atoms with Gasteiger partial charge in [0, 0.05) is 11.4 Å². The molecule has 2 rings (SSSR count). The SMILES string of the molecule is CC(C)n1nc2ccc(F)cc2c1C#N. The predicted octanol–water partition coefficient (Wildman–Crippen LogP) is 2.63. The maximum atomic E-state index is 13.0. The van der Waals surface area contributed by atoms with E-state index in [0.717, 1.165) is 0 Å². The van der Waals surface area contributed by atoms with E-state index in [1.54, 1.807) is 10.7 Å². The van der Waals surface area contributed by atoms with Crippen LogP contribution >= 0.6 is 0 Å². The van der Waals surface area contributed by atoms with Gasteiger partial charge in [0.15, 0.2) is 0 Å². The Balaban J connectivity index is 2.81. The van der Waals surface area contributed by atoms with Gasteiger partial charge in [-0.25, -0.2) is 4.39 Å². The van der Waals surface area contributed by atoms with Crippen molar-refractivity contribution < 1.29 is 4.39 Å². The molecule has 0 radical (unpaired) electrons. The lowest BCUT2D eigenvalue weighted by atomic mass is 10.2. The maximum Gasteiger partial charge on any atom is 0.146 e. The molecule has 15 heavy (non-hydrogen) atoms. The van der Waals surface area contributed by atoms with Gasteiger partial charge in [0.25, 0.3) is 0 Å². The maximum absolute atomic E-state index is 13.0. The predicted molar refractivity (Wildman–Crippen MR) is 54.8 cm³/mol. The highest BCUT2D eigenvalue weighted by molar-refractivity contribution is 5.83. The number of nitrogens with zero attached hydrogens (tertiary/aromatic N) is 3. The zero-order valence-electron chi connectivity index (χ0n) is 8.53. The highest BCUT2D eigenvalue weighted by atomic mass is 19.1. The summed E-state index contributed by atoms with van der Waals surface area (Å²) in [7, 11) is 0. The lowest BCUT2D eigenvalue weighted by molar-refractivity contribution is 0.532. The fourth-order valence-electron chi connectivity index (χ4n) is 1.56. The zero-order chi connectivity index (χ0) is 11.0. The van der Waals surface area contributed by atoms with Crippen LogP contribution in [-0.4, -0.2) is 9.78 Å². The molecule has 0 unspecified atom stereocenters. The van der Waals surface area contributed by atoms with E-state index in [2.05, 4.69) is 11.2 Å². The van der Waals surface area contributed by atoms with Crippen LogP contribution < -0.4 is 0 Å². The second-order valence-corrected chi connectivity index (χ2v) is 3.66. The van der Waals surface area contributed by atoms with E-state index >= 15 is 0 Å². The topological polar surface area (TPSA) is 41.6 Å². The van der Waals surface area contributed by atoms with Crippen LogP contribution in [0.15, 0.2) is 18.2 Å². The molecule has 0 amide bonds. The molecule has 76 valence electrons. The Bertz CT molecular complexity index is 549. The third-order valence-corrected chi connectivity index (χ3v) is 2.25. The standard InChI is InChI=1S/C11H10FN3/c1-7(2)15-11(6-13)9-5-8(12)3-4-10(9)14-15/h3-5,7H,1-2H3. The van der Waals surface area contributed by atoms with Crippen molar-refractivity contribution in [1.82, 2.24) is 9.78 Å². The molecular formula is C11H10FN3. The van der Waals surface area contributed by atoms with Crippen LogP contribution in [0.5, 0.6) is 0 Å². The molecule has 0 aliphatic heterocycles.